The van der Waals surface area contributed by atoms with E-state index in [1.54, 1.807) is 12.1 Å². The zero-order chi connectivity index (χ0) is 16.1. The molecule has 0 aliphatic rings. The predicted octanol–water partition coefficient (Wildman–Crippen LogP) is 4.51. The Morgan fingerprint density at radius 1 is 1.00 bits per heavy atom. The molecule has 4 heteroatoms. The van der Waals surface area contributed by atoms with Gasteiger partial charge in [-0.05, 0) is 60.2 Å². The van der Waals surface area contributed by atoms with Gasteiger partial charge in [0.1, 0.15) is 0 Å². The molecule has 0 heterocycles. The Morgan fingerprint density at radius 2 is 1.68 bits per heavy atom. The van der Waals surface area contributed by atoms with E-state index >= 15 is 0 Å². The number of amides is 1. The summed E-state index contributed by atoms with van der Waals surface area (Å²) in [6.45, 7) is 3.93. The van der Waals surface area contributed by atoms with Crippen molar-refractivity contribution < 1.29 is 9.59 Å². The van der Waals surface area contributed by atoms with Crippen LogP contribution < -0.4 is 5.32 Å². The molecule has 2 aromatic rings. The maximum Gasteiger partial charge on any atom is 0.224 e. The lowest BCUT2D eigenvalue weighted by atomic mass is 10.0. The number of nitrogens with one attached hydrogen (secondary N) is 1. The van der Waals surface area contributed by atoms with Gasteiger partial charge in [-0.2, -0.15) is 0 Å². The topological polar surface area (TPSA) is 46.2 Å². The largest absolute Gasteiger partial charge is 0.326 e. The van der Waals surface area contributed by atoms with Crippen LogP contribution in [0.1, 0.15) is 34.3 Å². The van der Waals surface area contributed by atoms with Crippen LogP contribution in [0.5, 0.6) is 0 Å². The van der Waals surface area contributed by atoms with Crippen LogP contribution in [-0.2, 0) is 4.79 Å². The van der Waals surface area contributed by atoms with E-state index in [2.05, 4.69) is 27.9 Å². The Bertz CT molecular complexity index is 693. The zero-order valence-electron chi connectivity index (χ0n) is 12.7. The van der Waals surface area contributed by atoms with Crippen molar-refractivity contribution in [3.63, 3.8) is 0 Å². The van der Waals surface area contributed by atoms with Gasteiger partial charge in [0, 0.05) is 27.7 Å². The number of benzene rings is 2. The summed E-state index contributed by atoms with van der Waals surface area (Å²) in [5.41, 5.74) is 3.59. The number of hydrogen-bond acceptors (Lipinski definition) is 2. The average Bonchev–Trinajstić information content (AvgIpc) is 2.48. The van der Waals surface area contributed by atoms with Crippen molar-refractivity contribution in [3.05, 3.63) is 62.7 Å². The fourth-order valence-corrected chi connectivity index (χ4v) is 2.74. The predicted molar refractivity (Wildman–Crippen MR) is 97.3 cm³/mol. The molecule has 0 saturated carbocycles. The molecule has 0 radical (unpaired) electrons. The van der Waals surface area contributed by atoms with E-state index in [1.807, 2.05) is 44.2 Å². The molecule has 2 aromatic carbocycles. The molecule has 0 unspecified atom stereocenters. The summed E-state index contributed by atoms with van der Waals surface area (Å²) in [5, 5.41) is 2.86. The molecule has 0 aromatic heterocycles. The maximum absolute atomic E-state index is 12.0. The molecule has 2 rings (SSSR count). The van der Waals surface area contributed by atoms with Crippen LogP contribution in [-0.4, -0.2) is 11.7 Å². The fourth-order valence-electron chi connectivity index (χ4n) is 2.09. The Morgan fingerprint density at radius 3 is 2.32 bits per heavy atom. The first kappa shape index (κ1) is 16.7. The number of ketones is 1. The summed E-state index contributed by atoms with van der Waals surface area (Å²) in [4.78, 5) is 24.0. The third-order valence-corrected chi connectivity index (χ3v) is 4.09. The van der Waals surface area contributed by atoms with E-state index in [0.717, 1.165) is 20.4 Å². The molecule has 0 spiro atoms. The van der Waals surface area contributed by atoms with E-state index in [0.29, 0.717) is 5.56 Å². The number of rotatable bonds is 5. The molecule has 3 nitrogen and oxygen atoms in total. The van der Waals surface area contributed by atoms with Crippen LogP contribution in [0.25, 0.3) is 0 Å². The lowest BCUT2D eigenvalue weighted by Gasteiger charge is -2.08. The summed E-state index contributed by atoms with van der Waals surface area (Å²) in [5.74, 6) is -0.140. The Kier molecular flexibility index (Phi) is 5.71. The molecule has 0 fully saturated rings. The Hall–Kier alpha value is -1.69. The van der Waals surface area contributed by atoms with Gasteiger partial charge in [0.25, 0.3) is 0 Å². The Labute approximate surface area is 144 Å². The highest BCUT2D eigenvalue weighted by Gasteiger charge is 2.10. The second kappa shape index (κ2) is 7.54. The molecule has 22 heavy (non-hydrogen) atoms. The van der Waals surface area contributed by atoms with Gasteiger partial charge in [0.15, 0.2) is 5.78 Å². The van der Waals surface area contributed by atoms with E-state index in [1.165, 1.54) is 0 Å². The van der Waals surface area contributed by atoms with Crippen LogP contribution >= 0.6 is 22.6 Å². The summed E-state index contributed by atoms with van der Waals surface area (Å²) >= 11 is 2.23. The molecule has 114 valence electrons. The van der Waals surface area contributed by atoms with Crippen molar-refractivity contribution in [2.45, 2.75) is 26.7 Å². The third kappa shape index (κ3) is 4.66. The van der Waals surface area contributed by atoms with Gasteiger partial charge < -0.3 is 5.32 Å². The minimum atomic E-state index is -0.134. The van der Waals surface area contributed by atoms with E-state index < -0.39 is 0 Å². The number of halogens is 1. The molecule has 0 atom stereocenters. The monoisotopic (exact) mass is 407 g/mol. The highest BCUT2D eigenvalue weighted by Crippen LogP contribution is 2.18. The SMILES string of the molecule is Cc1ccc(C(=O)CCC(=O)Nc2ccc(I)cc2C)cc1. The second-order valence-corrected chi connectivity index (χ2v) is 6.54. The average molecular weight is 407 g/mol. The Balaban J connectivity index is 1.89. The number of hydrogen-bond donors (Lipinski definition) is 1. The number of aryl methyl sites for hydroxylation is 2. The fraction of sp³-hybridized carbons (Fsp3) is 0.222. The number of Topliss-reactive ketones (excluding diaryl/α,β-unsaturated/α-hetero) is 1. The molecule has 0 aliphatic carbocycles. The van der Waals surface area contributed by atoms with Crippen LogP contribution in [0, 0.1) is 17.4 Å². The molecular weight excluding hydrogens is 389 g/mol. The zero-order valence-corrected chi connectivity index (χ0v) is 14.8. The van der Waals surface area contributed by atoms with E-state index in [-0.39, 0.29) is 24.5 Å². The molecule has 0 saturated heterocycles. The highest BCUT2D eigenvalue weighted by atomic mass is 127. The van der Waals surface area contributed by atoms with Crippen LogP contribution in [0.2, 0.25) is 0 Å². The summed E-state index contributed by atoms with van der Waals surface area (Å²) in [6, 6.07) is 13.3. The van der Waals surface area contributed by atoms with Crippen molar-refractivity contribution in [2.24, 2.45) is 0 Å². The van der Waals surface area contributed by atoms with Crippen LogP contribution in [0.15, 0.2) is 42.5 Å². The molecule has 0 bridgehead atoms. The quantitative estimate of drug-likeness (QED) is 0.586. The molecule has 1 N–H and O–H groups in total. The van der Waals surface area contributed by atoms with Gasteiger partial charge in [0.05, 0.1) is 0 Å². The van der Waals surface area contributed by atoms with E-state index in [9.17, 15) is 9.59 Å². The minimum absolute atomic E-state index is 0.00511. The van der Waals surface area contributed by atoms with E-state index in [4.69, 9.17) is 0 Å². The minimum Gasteiger partial charge on any atom is -0.326 e. The van der Waals surface area contributed by atoms with Crippen molar-refractivity contribution in [1.29, 1.82) is 0 Å². The van der Waals surface area contributed by atoms with Gasteiger partial charge in [-0.1, -0.05) is 29.8 Å². The number of carbonyl (C=O) groups excluding carboxylic acids is 2. The number of anilines is 1. The van der Waals surface area contributed by atoms with Crippen LogP contribution in [0.3, 0.4) is 0 Å². The summed E-state index contributed by atoms with van der Waals surface area (Å²) < 4.78 is 1.13. The maximum atomic E-state index is 12.0. The van der Waals surface area contributed by atoms with Gasteiger partial charge in [0.2, 0.25) is 5.91 Å². The van der Waals surface area contributed by atoms with Gasteiger partial charge in [-0.3, -0.25) is 9.59 Å². The molecule has 0 aliphatic heterocycles. The first-order valence-electron chi connectivity index (χ1n) is 7.11. The first-order valence-corrected chi connectivity index (χ1v) is 8.19. The second-order valence-electron chi connectivity index (χ2n) is 5.30. The lowest BCUT2D eigenvalue weighted by Crippen LogP contribution is -2.14. The number of carbonyl (C=O) groups is 2. The van der Waals surface area contributed by atoms with Gasteiger partial charge >= 0.3 is 0 Å². The standard InChI is InChI=1S/C18H18INO2/c1-12-3-5-14(6-4-12)17(21)9-10-18(22)20-16-8-7-15(19)11-13(16)2/h3-8,11H,9-10H2,1-2H3,(H,20,22). The highest BCUT2D eigenvalue weighted by molar-refractivity contribution is 14.1. The molecule has 1 amide bonds. The molecular formula is C18H18INO2. The van der Waals surface area contributed by atoms with Gasteiger partial charge in [-0.25, -0.2) is 0 Å². The van der Waals surface area contributed by atoms with Crippen molar-refractivity contribution >= 4 is 40.0 Å². The summed E-state index contributed by atoms with van der Waals surface area (Å²) in [6.07, 6.45) is 0.413. The summed E-state index contributed by atoms with van der Waals surface area (Å²) in [7, 11) is 0. The first-order chi connectivity index (χ1) is 10.5. The van der Waals surface area contributed by atoms with Crippen molar-refractivity contribution in [1.82, 2.24) is 0 Å². The smallest absolute Gasteiger partial charge is 0.224 e. The lowest BCUT2D eigenvalue weighted by molar-refractivity contribution is -0.116. The van der Waals surface area contributed by atoms with Gasteiger partial charge in [-0.15, -0.1) is 0 Å². The van der Waals surface area contributed by atoms with Crippen LogP contribution in [0.4, 0.5) is 5.69 Å². The van der Waals surface area contributed by atoms with Crippen molar-refractivity contribution in [3.8, 4) is 0 Å². The normalized spacial score (nSPS) is 10.3. The third-order valence-electron chi connectivity index (χ3n) is 3.42. The van der Waals surface area contributed by atoms with Crippen molar-refractivity contribution in [2.75, 3.05) is 5.32 Å².